The summed E-state index contributed by atoms with van der Waals surface area (Å²) in [6, 6.07) is 14.4. The molecule has 0 saturated heterocycles. The largest absolute Gasteiger partial charge is 0.508 e. The number of rotatable bonds is 1. The molecule has 2 nitrogen and oxygen atoms in total. The number of benzene rings is 2. The van der Waals surface area contributed by atoms with Gasteiger partial charge in [0, 0.05) is 12.1 Å². The van der Waals surface area contributed by atoms with E-state index in [0.29, 0.717) is 5.75 Å². The zero-order chi connectivity index (χ0) is 11.8. The Morgan fingerprint density at radius 2 is 2.00 bits per heavy atom. The summed E-state index contributed by atoms with van der Waals surface area (Å²) in [6.07, 6.45) is 0. The van der Waals surface area contributed by atoms with Crippen LogP contribution in [0.4, 0.5) is 0 Å². The Kier molecular flexibility index (Phi) is 2.37. The number of phenolic OH excluding ortho intramolecular Hbond substituents is 1. The van der Waals surface area contributed by atoms with E-state index in [4.69, 9.17) is 0 Å². The molecule has 1 atom stereocenters. The van der Waals surface area contributed by atoms with Crippen LogP contribution in [0, 0.1) is 6.92 Å². The SMILES string of the molecule is Cc1cccc(C2NCc3c(O)cccc32)c1. The number of nitrogens with one attached hydrogen (secondary N) is 1. The van der Waals surface area contributed by atoms with Gasteiger partial charge in [-0.25, -0.2) is 0 Å². The minimum atomic E-state index is 0.206. The van der Waals surface area contributed by atoms with Gasteiger partial charge < -0.3 is 10.4 Å². The first-order valence-electron chi connectivity index (χ1n) is 5.86. The van der Waals surface area contributed by atoms with Crippen molar-refractivity contribution in [2.24, 2.45) is 0 Å². The molecule has 0 amide bonds. The average Bonchev–Trinajstić information content (AvgIpc) is 2.74. The van der Waals surface area contributed by atoms with E-state index in [1.807, 2.05) is 6.07 Å². The highest BCUT2D eigenvalue weighted by Gasteiger charge is 2.25. The predicted octanol–water partition coefficient (Wildman–Crippen LogP) is 2.89. The van der Waals surface area contributed by atoms with Gasteiger partial charge in [0.25, 0.3) is 0 Å². The van der Waals surface area contributed by atoms with E-state index >= 15 is 0 Å². The molecule has 0 fully saturated rings. The normalized spacial score (nSPS) is 18.1. The van der Waals surface area contributed by atoms with Crippen molar-refractivity contribution >= 4 is 0 Å². The summed E-state index contributed by atoms with van der Waals surface area (Å²) in [5, 5.41) is 13.3. The van der Waals surface area contributed by atoms with Gasteiger partial charge in [-0.05, 0) is 24.1 Å². The van der Waals surface area contributed by atoms with Gasteiger partial charge in [0.15, 0.2) is 0 Å². The predicted molar refractivity (Wildman–Crippen MR) is 68.0 cm³/mol. The van der Waals surface area contributed by atoms with Crippen molar-refractivity contribution in [3.8, 4) is 5.75 Å². The minimum absolute atomic E-state index is 0.206. The van der Waals surface area contributed by atoms with Crippen molar-refractivity contribution in [3.05, 3.63) is 64.7 Å². The molecule has 2 N–H and O–H groups in total. The van der Waals surface area contributed by atoms with Gasteiger partial charge in [-0.1, -0.05) is 42.0 Å². The molecular formula is C15H15NO. The number of hydrogen-bond donors (Lipinski definition) is 2. The van der Waals surface area contributed by atoms with Crippen molar-refractivity contribution in [1.82, 2.24) is 5.32 Å². The number of hydrogen-bond acceptors (Lipinski definition) is 2. The summed E-state index contributed by atoms with van der Waals surface area (Å²) in [6.45, 7) is 2.84. The lowest BCUT2D eigenvalue weighted by Gasteiger charge is -2.13. The first-order valence-corrected chi connectivity index (χ1v) is 5.86. The Hall–Kier alpha value is -1.80. The Balaban J connectivity index is 2.07. The fourth-order valence-corrected chi connectivity index (χ4v) is 2.52. The van der Waals surface area contributed by atoms with Crippen LogP contribution in [0.5, 0.6) is 5.75 Å². The molecule has 0 saturated carbocycles. The van der Waals surface area contributed by atoms with Crippen LogP contribution in [0.15, 0.2) is 42.5 Å². The molecule has 0 radical (unpaired) electrons. The molecule has 0 spiro atoms. The van der Waals surface area contributed by atoms with Gasteiger partial charge in [-0.2, -0.15) is 0 Å². The highest BCUT2D eigenvalue weighted by atomic mass is 16.3. The number of phenols is 1. The summed E-state index contributed by atoms with van der Waals surface area (Å²) >= 11 is 0. The van der Waals surface area contributed by atoms with Crippen LogP contribution >= 0.6 is 0 Å². The first kappa shape index (κ1) is 10.4. The van der Waals surface area contributed by atoms with Gasteiger partial charge in [-0.3, -0.25) is 0 Å². The van der Waals surface area contributed by atoms with E-state index in [1.54, 1.807) is 6.07 Å². The van der Waals surface area contributed by atoms with Crippen LogP contribution in [0.3, 0.4) is 0 Å². The van der Waals surface area contributed by atoms with Crippen molar-refractivity contribution in [2.75, 3.05) is 0 Å². The molecule has 17 heavy (non-hydrogen) atoms. The zero-order valence-electron chi connectivity index (χ0n) is 9.77. The molecule has 1 aliphatic heterocycles. The summed E-state index contributed by atoms with van der Waals surface area (Å²) in [4.78, 5) is 0. The molecule has 86 valence electrons. The topological polar surface area (TPSA) is 32.3 Å². The third kappa shape index (κ3) is 1.71. The molecule has 0 bridgehead atoms. The van der Waals surface area contributed by atoms with Crippen LogP contribution in [0.25, 0.3) is 0 Å². The second-order valence-electron chi connectivity index (χ2n) is 4.57. The van der Waals surface area contributed by atoms with Gasteiger partial charge in [-0.15, -0.1) is 0 Å². The Morgan fingerprint density at radius 3 is 2.82 bits per heavy atom. The molecule has 2 aromatic carbocycles. The maximum atomic E-state index is 9.81. The highest BCUT2D eigenvalue weighted by Crippen LogP contribution is 2.35. The van der Waals surface area contributed by atoms with Crippen molar-refractivity contribution in [3.63, 3.8) is 0 Å². The van der Waals surface area contributed by atoms with Crippen molar-refractivity contribution < 1.29 is 5.11 Å². The molecule has 1 aliphatic rings. The summed E-state index contributed by atoms with van der Waals surface area (Å²) in [5.74, 6) is 0.394. The number of fused-ring (bicyclic) bond motifs is 1. The fraction of sp³-hybridized carbons (Fsp3) is 0.200. The third-order valence-electron chi connectivity index (χ3n) is 3.36. The third-order valence-corrected chi connectivity index (χ3v) is 3.36. The van der Waals surface area contributed by atoms with Gasteiger partial charge >= 0.3 is 0 Å². The van der Waals surface area contributed by atoms with E-state index in [2.05, 4.69) is 42.6 Å². The smallest absolute Gasteiger partial charge is 0.120 e. The monoisotopic (exact) mass is 225 g/mol. The van der Waals surface area contributed by atoms with Crippen molar-refractivity contribution in [2.45, 2.75) is 19.5 Å². The van der Waals surface area contributed by atoms with Crippen LogP contribution in [0.1, 0.15) is 28.3 Å². The Morgan fingerprint density at radius 1 is 1.18 bits per heavy atom. The lowest BCUT2D eigenvalue weighted by atomic mass is 9.97. The fourth-order valence-electron chi connectivity index (χ4n) is 2.52. The van der Waals surface area contributed by atoms with Gasteiger partial charge in [0.05, 0.1) is 6.04 Å². The van der Waals surface area contributed by atoms with Crippen LogP contribution in [0.2, 0.25) is 0 Å². The average molecular weight is 225 g/mol. The summed E-state index contributed by atoms with van der Waals surface area (Å²) < 4.78 is 0. The first-order chi connectivity index (χ1) is 8.25. The molecule has 2 heteroatoms. The van der Waals surface area contributed by atoms with Gasteiger partial charge in [0.1, 0.15) is 5.75 Å². The quantitative estimate of drug-likeness (QED) is 0.782. The second kappa shape index (κ2) is 3.90. The van der Waals surface area contributed by atoms with Crippen LogP contribution < -0.4 is 5.32 Å². The van der Waals surface area contributed by atoms with Crippen molar-refractivity contribution in [1.29, 1.82) is 0 Å². The summed E-state index contributed by atoms with van der Waals surface area (Å²) in [5.41, 5.74) is 4.74. The van der Waals surface area contributed by atoms with Crippen LogP contribution in [-0.4, -0.2) is 5.11 Å². The van der Waals surface area contributed by atoms with E-state index in [0.717, 1.165) is 12.1 Å². The van der Waals surface area contributed by atoms with E-state index in [-0.39, 0.29) is 6.04 Å². The number of aromatic hydroxyl groups is 1. The zero-order valence-corrected chi connectivity index (χ0v) is 9.77. The lowest BCUT2D eigenvalue weighted by Crippen LogP contribution is -2.13. The molecule has 0 aliphatic carbocycles. The molecule has 1 unspecified atom stereocenters. The van der Waals surface area contributed by atoms with E-state index in [1.165, 1.54) is 16.7 Å². The Bertz CT molecular complexity index is 563. The minimum Gasteiger partial charge on any atom is -0.508 e. The Labute approximate surface area is 101 Å². The molecule has 0 aromatic heterocycles. The highest BCUT2D eigenvalue weighted by molar-refractivity contribution is 5.48. The van der Waals surface area contributed by atoms with Gasteiger partial charge in [0.2, 0.25) is 0 Å². The molecular weight excluding hydrogens is 210 g/mol. The maximum Gasteiger partial charge on any atom is 0.120 e. The molecule has 1 heterocycles. The number of aryl methyl sites for hydroxylation is 1. The second-order valence-corrected chi connectivity index (χ2v) is 4.57. The maximum absolute atomic E-state index is 9.81. The lowest BCUT2D eigenvalue weighted by molar-refractivity contribution is 0.468. The molecule has 3 rings (SSSR count). The summed E-state index contributed by atoms with van der Waals surface area (Å²) in [7, 11) is 0. The van der Waals surface area contributed by atoms with E-state index < -0.39 is 0 Å². The van der Waals surface area contributed by atoms with E-state index in [9.17, 15) is 5.11 Å². The standard InChI is InChI=1S/C15H15NO/c1-10-4-2-5-11(8-10)15-12-6-3-7-14(17)13(12)9-16-15/h2-8,15-17H,9H2,1H3. The van der Waals surface area contributed by atoms with Crippen LogP contribution in [-0.2, 0) is 6.54 Å². The molecule has 2 aromatic rings.